The van der Waals surface area contributed by atoms with Crippen molar-refractivity contribution in [2.45, 2.75) is 45.7 Å². The Hall–Kier alpha value is -2.66. The Bertz CT molecular complexity index is 929. The van der Waals surface area contributed by atoms with Crippen molar-refractivity contribution in [3.63, 3.8) is 0 Å². The molecule has 1 saturated heterocycles. The van der Waals surface area contributed by atoms with Gasteiger partial charge in [0, 0.05) is 12.1 Å². The van der Waals surface area contributed by atoms with Gasteiger partial charge in [0.2, 0.25) is 0 Å². The van der Waals surface area contributed by atoms with Gasteiger partial charge in [-0.2, -0.15) is 5.26 Å². The van der Waals surface area contributed by atoms with Crippen LogP contribution in [0.1, 0.15) is 37.8 Å². The van der Waals surface area contributed by atoms with Crippen LogP contribution in [-0.4, -0.2) is 55.4 Å². The first kappa shape index (κ1) is 22.6. The van der Waals surface area contributed by atoms with Gasteiger partial charge in [0.15, 0.2) is 16.4 Å². The van der Waals surface area contributed by atoms with Crippen LogP contribution in [0.25, 0.3) is 6.08 Å². The van der Waals surface area contributed by atoms with E-state index in [1.807, 2.05) is 32.9 Å². The zero-order valence-corrected chi connectivity index (χ0v) is 17.7. The Morgan fingerprint density at radius 2 is 2.00 bits per heavy atom. The van der Waals surface area contributed by atoms with Crippen LogP contribution < -0.4 is 0 Å². The van der Waals surface area contributed by atoms with Gasteiger partial charge in [-0.15, -0.1) is 0 Å². The average Bonchev–Trinajstić information content (AvgIpc) is 3.04. The average molecular weight is 419 g/mol. The van der Waals surface area contributed by atoms with E-state index < -0.39 is 34.4 Å². The number of carbonyl (C=O) groups is 2. The summed E-state index contributed by atoms with van der Waals surface area (Å²) in [6.45, 7) is 5.13. The van der Waals surface area contributed by atoms with Crippen molar-refractivity contribution in [2.24, 2.45) is 0 Å². The monoisotopic (exact) mass is 418 g/mol. The fourth-order valence-electron chi connectivity index (χ4n) is 3.25. The highest BCUT2D eigenvalue weighted by molar-refractivity contribution is 7.91. The minimum absolute atomic E-state index is 0.0511. The molecule has 0 spiro atoms. The molecule has 8 heteroatoms. The van der Waals surface area contributed by atoms with E-state index >= 15 is 0 Å². The van der Waals surface area contributed by atoms with Crippen molar-refractivity contribution in [2.75, 3.05) is 18.1 Å². The topological polar surface area (TPSA) is 105 Å². The number of carbonyl (C=O) groups excluding carboxylic acids is 2. The second-order valence-corrected chi connectivity index (χ2v) is 9.50. The molecule has 2 rings (SSSR count). The molecule has 1 amide bonds. The van der Waals surface area contributed by atoms with Crippen LogP contribution in [0.3, 0.4) is 0 Å². The largest absolute Gasteiger partial charge is 0.451 e. The van der Waals surface area contributed by atoms with Gasteiger partial charge in [-0.1, -0.05) is 36.8 Å². The minimum Gasteiger partial charge on any atom is -0.451 e. The Labute approximate surface area is 171 Å². The first-order valence-corrected chi connectivity index (χ1v) is 11.4. The van der Waals surface area contributed by atoms with Crippen LogP contribution >= 0.6 is 0 Å². The van der Waals surface area contributed by atoms with E-state index in [0.717, 1.165) is 5.56 Å². The SMILES string of the molecule is CC[C@@H](C)N(C(=O)COC(=O)/C(C#N)=C/c1ccc(C)cc1)[C@@H]1CCS(=O)(=O)C1. The molecule has 1 heterocycles. The number of hydrogen-bond acceptors (Lipinski definition) is 6. The van der Waals surface area contributed by atoms with Gasteiger partial charge < -0.3 is 9.64 Å². The van der Waals surface area contributed by atoms with E-state index in [0.29, 0.717) is 18.4 Å². The third-order valence-electron chi connectivity index (χ3n) is 5.01. The standard InChI is InChI=1S/C21H26N2O5S/c1-4-16(3)23(19-9-10-29(26,27)14-19)20(24)13-28-21(25)18(12-22)11-17-7-5-15(2)6-8-17/h5-8,11,16,19H,4,9-10,13-14H2,1-3H3/b18-11+/t16-,19-/m1/s1. The molecule has 0 saturated carbocycles. The molecule has 0 bridgehead atoms. The van der Waals surface area contributed by atoms with Gasteiger partial charge in [-0.3, -0.25) is 4.79 Å². The van der Waals surface area contributed by atoms with Crippen LogP contribution in [-0.2, 0) is 24.2 Å². The maximum atomic E-state index is 12.7. The van der Waals surface area contributed by atoms with Crippen molar-refractivity contribution >= 4 is 27.8 Å². The highest BCUT2D eigenvalue weighted by Crippen LogP contribution is 2.21. The maximum absolute atomic E-state index is 12.7. The van der Waals surface area contributed by atoms with Crippen molar-refractivity contribution < 1.29 is 22.7 Å². The maximum Gasteiger partial charge on any atom is 0.349 e. The first-order valence-electron chi connectivity index (χ1n) is 9.54. The number of rotatable bonds is 7. The second-order valence-electron chi connectivity index (χ2n) is 7.27. The Morgan fingerprint density at radius 3 is 2.52 bits per heavy atom. The summed E-state index contributed by atoms with van der Waals surface area (Å²) < 4.78 is 28.7. The molecule has 1 aromatic rings. The van der Waals surface area contributed by atoms with Crippen LogP contribution in [0, 0.1) is 18.3 Å². The molecule has 1 aliphatic rings. The summed E-state index contributed by atoms with van der Waals surface area (Å²) >= 11 is 0. The Balaban J connectivity index is 2.06. The fourth-order valence-corrected chi connectivity index (χ4v) is 4.96. The number of amides is 1. The molecule has 0 N–H and O–H groups in total. The summed E-state index contributed by atoms with van der Waals surface area (Å²) in [5, 5.41) is 9.26. The summed E-state index contributed by atoms with van der Waals surface area (Å²) in [7, 11) is -3.16. The lowest BCUT2D eigenvalue weighted by Crippen LogP contribution is -2.48. The Morgan fingerprint density at radius 1 is 1.34 bits per heavy atom. The molecule has 0 aromatic heterocycles. The van der Waals surface area contributed by atoms with Crippen LogP contribution in [0.2, 0.25) is 0 Å². The Kier molecular flexibility index (Phi) is 7.57. The molecule has 29 heavy (non-hydrogen) atoms. The van der Waals surface area contributed by atoms with E-state index in [4.69, 9.17) is 4.74 Å². The molecule has 0 radical (unpaired) electrons. The van der Waals surface area contributed by atoms with Gasteiger partial charge in [0.25, 0.3) is 5.91 Å². The van der Waals surface area contributed by atoms with E-state index in [-0.39, 0.29) is 23.1 Å². The summed E-state index contributed by atoms with van der Waals surface area (Å²) in [6.07, 6.45) is 2.43. The molecule has 1 aromatic carbocycles. The molecule has 0 unspecified atom stereocenters. The summed E-state index contributed by atoms with van der Waals surface area (Å²) in [4.78, 5) is 26.5. The molecule has 1 fully saturated rings. The lowest BCUT2D eigenvalue weighted by molar-refractivity contribution is -0.150. The first-order chi connectivity index (χ1) is 13.7. The van der Waals surface area contributed by atoms with Crippen molar-refractivity contribution in [3.05, 3.63) is 41.0 Å². The lowest BCUT2D eigenvalue weighted by atomic mass is 10.1. The molecule has 2 atom stereocenters. The molecular formula is C21H26N2O5S. The van der Waals surface area contributed by atoms with E-state index in [1.54, 1.807) is 18.2 Å². The van der Waals surface area contributed by atoms with Gasteiger partial charge >= 0.3 is 5.97 Å². The fraction of sp³-hybridized carbons (Fsp3) is 0.476. The highest BCUT2D eigenvalue weighted by atomic mass is 32.2. The third-order valence-corrected chi connectivity index (χ3v) is 6.76. The van der Waals surface area contributed by atoms with Crippen molar-refractivity contribution in [1.82, 2.24) is 4.90 Å². The lowest BCUT2D eigenvalue weighted by Gasteiger charge is -2.33. The number of nitrogens with zero attached hydrogens (tertiary/aromatic N) is 2. The quantitative estimate of drug-likeness (QED) is 0.382. The van der Waals surface area contributed by atoms with E-state index in [2.05, 4.69) is 0 Å². The molecule has 1 aliphatic heterocycles. The van der Waals surface area contributed by atoms with Crippen LogP contribution in [0.15, 0.2) is 29.8 Å². The van der Waals surface area contributed by atoms with E-state index in [1.165, 1.54) is 11.0 Å². The zero-order chi connectivity index (χ0) is 21.6. The highest BCUT2D eigenvalue weighted by Gasteiger charge is 2.36. The second kappa shape index (κ2) is 9.70. The molecular weight excluding hydrogens is 392 g/mol. The third kappa shape index (κ3) is 6.16. The number of sulfone groups is 1. The smallest absolute Gasteiger partial charge is 0.349 e. The van der Waals surface area contributed by atoms with E-state index in [9.17, 15) is 23.3 Å². The van der Waals surface area contributed by atoms with Gasteiger partial charge in [0.1, 0.15) is 11.6 Å². The number of ether oxygens (including phenoxy) is 1. The molecule has 0 aliphatic carbocycles. The van der Waals surface area contributed by atoms with Crippen molar-refractivity contribution in [3.8, 4) is 6.07 Å². The van der Waals surface area contributed by atoms with Crippen LogP contribution in [0.5, 0.6) is 0 Å². The summed E-state index contributed by atoms with van der Waals surface area (Å²) in [5.41, 5.74) is 1.51. The van der Waals surface area contributed by atoms with Crippen LogP contribution in [0.4, 0.5) is 0 Å². The number of hydrogen-bond donors (Lipinski definition) is 0. The number of esters is 1. The number of benzene rings is 1. The summed E-state index contributed by atoms with van der Waals surface area (Å²) in [5.74, 6) is -1.37. The van der Waals surface area contributed by atoms with Gasteiger partial charge in [-0.25, -0.2) is 13.2 Å². The predicted octanol–water partition coefficient (Wildman–Crippen LogP) is 2.26. The van der Waals surface area contributed by atoms with Gasteiger partial charge in [-0.05, 0) is 38.3 Å². The molecule has 7 nitrogen and oxygen atoms in total. The summed E-state index contributed by atoms with van der Waals surface area (Å²) in [6, 6.07) is 8.46. The normalized spacial score (nSPS) is 19.2. The minimum atomic E-state index is -3.16. The number of aryl methyl sites for hydroxylation is 1. The zero-order valence-electron chi connectivity index (χ0n) is 16.9. The van der Waals surface area contributed by atoms with Crippen molar-refractivity contribution in [1.29, 1.82) is 5.26 Å². The molecule has 156 valence electrons. The van der Waals surface area contributed by atoms with Gasteiger partial charge in [0.05, 0.1) is 11.5 Å². The number of nitriles is 1. The predicted molar refractivity (Wildman–Crippen MR) is 109 cm³/mol.